The first-order chi connectivity index (χ1) is 34.3. The highest BCUT2D eigenvalue weighted by atomic mass is 16.2. The van der Waals surface area contributed by atoms with Crippen LogP contribution in [0.1, 0.15) is 79.6 Å². The Balaban J connectivity index is 0.988. The average molecular weight is 905 g/mol. The standard InChI is InChI=1S/C66H48O4/c67-59-37-43-21-29-47(30-22-43)55-41-56(64(52-15-7-2-8-16-52)63(55)51-13-5-1-6-14-51)48-31-23-44(24-32-48)38-60(68)62(70)40-46-27-35-50(36-28-46)58-42-57(49-33-25-45(26-34-49)39-61(59)69)65(53-17-9-3-10-18-53)66(58)54-19-11-4-12-20-54/h1-36H,37-42H2. The van der Waals surface area contributed by atoms with Gasteiger partial charge in [-0.1, -0.05) is 218 Å². The monoisotopic (exact) mass is 904 g/mol. The van der Waals surface area contributed by atoms with Crippen LogP contribution in [0.25, 0.3) is 44.6 Å². The van der Waals surface area contributed by atoms with Gasteiger partial charge in [-0.3, -0.25) is 19.2 Å². The molecule has 0 fully saturated rings. The molecule has 0 atom stereocenters. The molecule has 9 aliphatic carbocycles. The zero-order valence-electron chi connectivity index (χ0n) is 38.7. The van der Waals surface area contributed by atoms with Crippen LogP contribution >= 0.6 is 0 Å². The highest BCUT2D eigenvalue weighted by Gasteiger charge is 2.31. The van der Waals surface area contributed by atoms with Crippen LogP contribution in [0.4, 0.5) is 0 Å². The van der Waals surface area contributed by atoms with Gasteiger partial charge in [0.1, 0.15) is 0 Å². The van der Waals surface area contributed by atoms with Gasteiger partial charge in [-0.2, -0.15) is 0 Å². The van der Waals surface area contributed by atoms with Gasteiger partial charge in [0.05, 0.1) is 0 Å². The highest BCUT2D eigenvalue weighted by molar-refractivity contribution is 6.38. The molecule has 0 saturated heterocycles. The summed E-state index contributed by atoms with van der Waals surface area (Å²) in [4.78, 5) is 54.5. The molecule has 0 amide bonds. The van der Waals surface area contributed by atoms with Crippen molar-refractivity contribution >= 4 is 67.7 Å². The molecule has 0 aromatic heterocycles. The van der Waals surface area contributed by atoms with E-state index in [1.54, 1.807) is 0 Å². The number of hydrogen-bond donors (Lipinski definition) is 0. The van der Waals surface area contributed by atoms with E-state index in [4.69, 9.17) is 0 Å². The van der Waals surface area contributed by atoms with E-state index in [0.717, 1.165) is 111 Å². The molecule has 0 saturated carbocycles. The Morgan fingerprint density at radius 1 is 0.186 bits per heavy atom. The van der Waals surface area contributed by atoms with Crippen molar-refractivity contribution in [3.63, 3.8) is 0 Å². The predicted molar refractivity (Wildman–Crippen MR) is 283 cm³/mol. The first kappa shape index (κ1) is 43.9. The van der Waals surface area contributed by atoms with Gasteiger partial charge >= 0.3 is 0 Å². The van der Waals surface area contributed by atoms with Gasteiger partial charge in [0.15, 0.2) is 0 Å². The molecule has 8 aromatic rings. The molecule has 4 nitrogen and oxygen atoms in total. The second-order valence-corrected chi connectivity index (χ2v) is 18.4. The second kappa shape index (κ2) is 19.2. The minimum atomic E-state index is -0.413. The summed E-state index contributed by atoms with van der Waals surface area (Å²) in [6.07, 6.45) is 1.38. The van der Waals surface area contributed by atoms with Crippen molar-refractivity contribution in [1.29, 1.82) is 0 Å². The smallest absolute Gasteiger partial charge is 0.203 e. The van der Waals surface area contributed by atoms with Gasteiger partial charge in [-0.25, -0.2) is 0 Å². The van der Waals surface area contributed by atoms with E-state index in [1.807, 2.05) is 72.8 Å². The number of hydrogen-bond acceptors (Lipinski definition) is 4. The predicted octanol–water partition coefficient (Wildman–Crippen LogP) is 13.7. The number of allylic oxidation sites excluding steroid dienone is 8. The maximum absolute atomic E-state index is 13.6. The van der Waals surface area contributed by atoms with Crippen LogP contribution in [0.3, 0.4) is 0 Å². The molecule has 0 N–H and O–H groups in total. The third kappa shape index (κ3) is 8.84. The Morgan fingerprint density at radius 3 is 0.557 bits per heavy atom. The molecule has 4 heteroatoms. The first-order valence-corrected chi connectivity index (χ1v) is 24.0. The van der Waals surface area contributed by atoms with Crippen molar-refractivity contribution in [3.8, 4) is 0 Å². The van der Waals surface area contributed by atoms with Crippen molar-refractivity contribution in [2.24, 2.45) is 0 Å². The van der Waals surface area contributed by atoms with Gasteiger partial charge in [0, 0.05) is 25.7 Å². The normalized spacial score (nSPS) is 15.5. The molecule has 0 unspecified atom stereocenters. The first-order valence-electron chi connectivity index (χ1n) is 24.0. The fourth-order valence-electron chi connectivity index (χ4n) is 10.4. The summed E-state index contributed by atoms with van der Waals surface area (Å²) in [7, 11) is 0. The molecule has 17 rings (SSSR count). The van der Waals surface area contributed by atoms with Gasteiger partial charge in [0.25, 0.3) is 0 Å². The number of benzene rings is 8. The number of Topliss-reactive ketones (excluding diaryl/α,β-unsaturated/α-hetero) is 4. The summed E-state index contributed by atoms with van der Waals surface area (Å²) in [5.41, 5.74) is 20.8. The molecule has 336 valence electrons. The van der Waals surface area contributed by atoms with Gasteiger partial charge in [-0.15, -0.1) is 0 Å². The Kier molecular flexibility index (Phi) is 12.0. The van der Waals surface area contributed by atoms with Crippen LogP contribution < -0.4 is 0 Å². The van der Waals surface area contributed by atoms with E-state index in [1.165, 1.54) is 0 Å². The zero-order chi connectivity index (χ0) is 47.6. The minimum absolute atomic E-state index is 0.0199. The van der Waals surface area contributed by atoms with E-state index in [2.05, 4.69) is 146 Å². The van der Waals surface area contributed by atoms with E-state index in [0.29, 0.717) is 12.8 Å². The highest BCUT2D eigenvalue weighted by Crippen LogP contribution is 2.53. The number of carbonyl (C=O) groups is 4. The van der Waals surface area contributed by atoms with Gasteiger partial charge in [-0.05, 0) is 124 Å². The summed E-state index contributed by atoms with van der Waals surface area (Å²) in [6.45, 7) is 0. The second-order valence-electron chi connectivity index (χ2n) is 18.4. The Labute approximate surface area is 408 Å². The van der Waals surface area contributed by atoms with Crippen molar-refractivity contribution in [3.05, 3.63) is 285 Å². The molecule has 0 heterocycles. The summed E-state index contributed by atoms with van der Waals surface area (Å²) < 4.78 is 0. The van der Waals surface area contributed by atoms with Crippen LogP contribution in [-0.4, -0.2) is 23.1 Å². The lowest BCUT2D eigenvalue weighted by molar-refractivity contribution is -0.135. The average Bonchev–Trinajstić information content (AvgIpc) is 4.01. The van der Waals surface area contributed by atoms with Crippen LogP contribution in [0.15, 0.2) is 218 Å². The van der Waals surface area contributed by atoms with E-state index >= 15 is 0 Å². The summed E-state index contributed by atoms with van der Waals surface area (Å²) >= 11 is 0. The molecule has 0 spiro atoms. The van der Waals surface area contributed by atoms with Gasteiger partial charge in [0.2, 0.25) is 23.1 Å². The van der Waals surface area contributed by atoms with Crippen molar-refractivity contribution < 1.29 is 19.2 Å². The van der Waals surface area contributed by atoms with Crippen molar-refractivity contribution in [2.75, 3.05) is 0 Å². The largest absolute Gasteiger partial charge is 0.291 e. The third-order valence-corrected chi connectivity index (χ3v) is 14.0. The van der Waals surface area contributed by atoms with E-state index in [9.17, 15) is 19.2 Å². The lowest BCUT2D eigenvalue weighted by Crippen LogP contribution is -2.18. The molecule has 12 bridgehead atoms. The fraction of sp³-hybridized carbons (Fsp3) is 0.0909. The Bertz CT molecular complexity index is 2980. The van der Waals surface area contributed by atoms with E-state index < -0.39 is 23.1 Å². The molecule has 0 aliphatic heterocycles. The molecule has 9 aliphatic rings. The molecule has 0 radical (unpaired) electrons. The Morgan fingerprint density at radius 2 is 0.371 bits per heavy atom. The van der Waals surface area contributed by atoms with Crippen LogP contribution in [0, 0.1) is 0 Å². The molecular weight excluding hydrogens is 857 g/mol. The lowest BCUT2D eigenvalue weighted by Gasteiger charge is -2.15. The van der Waals surface area contributed by atoms with Gasteiger partial charge < -0.3 is 0 Å². The maximum Gasteiger partial charge on any atom is 0.203 e. The molecule has 8 aromatic carbocycles. The minimum Gasteiger partial charge on any atom is -0.291 e. The van der Waals surface area contributed by atoms with Crippen LogP contribution in [0.5, 0.6) is 0 Å². The van der Waals surface area contributed by atoms with Crippen LogP contribution in [-0.2, 0) is 44.9 Å². The maximum atomic E-state index is 13.6. The number of rotatable bonds is 4. The molecular formula is C66H48O4. The Hall–Kier alpha value is -8.60. The quantitative estimate of drug-likeness (QED) is 0.165. The summed E-state index contributed by atoms with van der Waals surface area (Å²) in [5, 5.41) is 0. The number of carbonyl (C=O) groups excluding carboxylic acids is 4. The van der Waals surface area contributed by atoms with E-state index in [-0.39, 0.29) is 25.7 Å². The molecule has 70 heavy (non-hydrogen) atoms. The SMILES string of the molecule is O=C1Cc2ccc(cc2)C2=C(c3ccccc3)C(c3ccccc3)=C(C2)c2ccc(cc2)CC(=O)C(=O)Cc2ccc(cc2)C2=C(c3ccccc3)C(c3ccccc3)=C(C2)c2ccc(cc2)CC1=O. The zero-order valence-corrected chi connectivity index (χ0v) is 38.7. The van der Waals surface area contributed by atoms with Crippen molar-refractivity contribution in [2.45, 2.75) is 38.5 Å². The fourth-order valence-corrected chi connectivity index (χ4v) is 10.4. The van der Waals surface area contributed by atoms with Crippen molar-refractivity contribution in [1.82, 2.24) is 0 Å². The summed E-state index contributed by atoms with van der Waals surface area (Å²) in [6, 6.07) is 74.0. The topological polar surface area (TPSA) is 68.3 Å². The third-order valence-electron chi connectivity index (χ3n) is 14.0. The van der Waals surface area contributed by atoms with Crippen LogP contribution in [0.2, 0.25) is 0 Å². The summed E-state index contributed by atoms with van der Waals surface area (Å²) in [5.74, 6) is -1.65. The lowest BCUT2D eigenvalue weighted by atomic mass is 9.89. The number of ketones is 4.